The normalized spacial score (nSPS) is 19.0. The number of hydrogen-bond acceptors (Lipinski definition) is 2. The molecule has 3 nitrogen and oxygen atoms in total. The zero-order chi connectivity index (χ0) is 11.3. The van der Waals surface area contributed by atoms with Crippen LogP contribution in [0.2, 0.25) is 5.02 Å². The minimum Gasteiger partial charge on any atom is -0.295 e. The number of hydrogen-bond donors (Lipinski definition) is 0. The van der Waals surface area contributed by atoms with Crippen LogP contribution < -0.4 is 5.56 Å². The van der Waals surface area contributed by atoms with Gasteiger partial charge in [0.25, 0.3) is 5.56 Å². The molecule has 0 amide bonds. The molecule has 0 N–H and O–H groups in total. The summed E-state index contributed by atoms with van der Waals surface area (Å²) in [6.07, 6.45) is 0.909. The summed E-state index contributed by atoms with van der Waals surface area (Å²) in [5.41, 5.74) is 0.703. The highest BCUT2D eigenvalue weighted by molar-refractivity contribution is 9.09. The van der Waals surface area contributed by atoms with Crippen molar-refractivity contribution in [1.29, 1.82) is 0 Å². The van der Waals surface area contributed by atoms with Crippen LogP contribution in [0.25, 0.3) is 10.9 Å². The van der Waals surface area contributed by atoms with Crippen LogP contribution in [-0.2, 0) is 6.54 Å². The maximum absolute atomic E-state index is 12.1. The lowest BCUT2D eigenvalue weighted by atomic mass is 10.2. The Labute approximate surface area is 105 Å². The van der Waals surface area contributed by atoms with Gasteiger partial charge in [0.1, 0.15) is 5.82 Å². The molecule has 0 fully saturated rings. The summed E-state index contributed by atoms with van der Waals surface area (Å²) in [5.74, 6) is 0.805. The highest BCUT2D eigenvalue weighted by Gasteiger charge is 2.23. The minimum absolute atomic E-state index is 0.0265. The van der Waals surface area contributed by atoms with E-state index in [1.807, 2.05) is 0 Å². The second-order valence-electron chi connectivity index (χ2n) is 3.84. The third-order valence-electron chi connectivity index (χ3n) is 2.83. The van der Waals surface area contributed by atoms with Crippen LogP contribution >= 0.6 is 27.5 Å². The Bertz CT molecular complexity index is 638. The monoisotopic (exact) mass is 298 g/mol. The van der Waals surface area contributed by atoms with Crippen molar-refractivity contribution in [2.45, 2.75) is 17.8 Å². The zero-order valence-corrected chi connectivity index (χ0v) is 10.6. The highest BCUT2D eigenvalue weighted by Crippen LogP contribution is 2.31. The molecule has 0 aliphatic carbocycles. The Morgan fingerprint density at radius 2 is 2.31 bits per heavy atom. The molecule has 1 aliphatic rings. The third kappa shape index (κ3) is 1.40. The molecular weight excluding hydrogens is 291 g/mol. The number of alkyl halides is 1. The first kappa shape index (κ1) is 10.3. The van der Waals surface area contributed by atoms with E-state index in [4.69, 9.17) is 11.6 Å². The quantitative estimate of drug-likeness (QED) is 0.701. The second-order valence-corrected chi connectivity index (χ2v) is 5.39. The maximum Gasteiger partial charge on any atom is 0.261 e. The Kier molecular flexibility index (Phi) is 2.30. The molecule has 1 atom stereocenters. The number of nitrogens with zero attached hydrogens (tertiary/aromatic N) is 2. The number of halogens is 2. The van der Waals surface area contributed by atoms with Gasteiger partial charge < -0.3 is 0 Å². The molecular formula is C11H8BrClN2O. The Morgan fingerprint density at radius 3 is 3.12 bits per heavy atom. The molecule has 16 heavy (non-hydrogen) atoms. The second kappa shape index (κ2) is 3.57. The van der Waals surface area contributed by atoms with E-state index in [1.54, 1.807) is 22.8 Å². The predicted octanol–water partition coefficient (Wildman–Crippen LogP) is 2.89. The molecule has 0 radical (unpaired) electrons. The van der Waals surface area contributed by atoms with Gasteiger partial charge in [-0.25, -0.2) is 4.98 Å². The van der Waals surface area contributed by atoms with E-state index in [9.17, 15) is 4.79 Å². The van der Waals surface area contributed by atoms with Crippen molar-refractivity contribution >= 4 is 38.4 Å². The molecule has 82 valence electrons. The minimum atomic E-state index is 0.0265. The number of rotatable bonds is 0. The summed E-state index contributed by atoms with van der Waals surface area (Å²) in [6.45, 7) is 0.732. The predicted molar refractivity (Wildman–Crippen MR) is 67.3 cm³/mol. The van der Waals surface area contributed by atoms with Crippen LogP contribution in [0, 0.1) is 0 Å². The van der Waals surface area contributed by atoms with Crippen LogP contribution in [0.15, 0.2) is 23.0 Å². The van der Waals surface area contributed by atoms with Crippen LogP contribution in [0.1, 0.15) is 17.1 Å². The number of aromatic nitrogens is 2. The van der Waals surface area contributed by atoms with Gasteiger partial charge in [0.2, 0.25) is 0 Å². The first-order chi connectivity index (χ1) is 7.66. The molecule has 5 heteroatoms. The van der Waals surface area contributed by atoms with Gasteiger partial charge in [-0.15, -0.1) is 0 Å². The number of benzene rings is 1. The first-order valence-electron chi connectivity index (χ1n) is 5.01. The van der Waals surface area contributed by atoms with E-state index in [2.05, 4.69) is 20.9 Å². The molecule has 1 aliphatic heterocycles. The summed E-state index contributed by atoms with van der Waals surface area (Å²) < 4.78 is 1.73. The molecule has 3 rings (SSSR count). The fourth-order valence-electron chi connectivity index (χ4n) is 2.04. The van der Waals surface area contributed by atoms with Crippen molar-refractivity contribution in [3.05, 3.63) is 39.4 Å². The Morgan fingerprint density at radius 1 is 1.50 bits per heavy atom. The molecule has 1 aromatic carbocycles. The van der Waals surface area contributed by atoms with E-state index in [1.165, 1.54) is 0 Å². The molecule has 0 saturated carbocycles. The topological polar surface area (TPSA) is 34.9 Å². The van der Waals surface area contributed by atoms with Crippen molar-refractivity contribution < 1.29 is 0 Å². The Balaban J connectivity index is 2.44. The molecule has 0 saturated heterocycles. The van der Waals surface area contributed by atoms with Crippen LogP contribution in [0.3, 0.4) is 0 Å². The fourth-order valence-corrected chi connectivity index (χ4v) is 2.76. The lowest BCUT2D eigenvalue weighted by Gasteiger charge is -2.06. The summed E-state index contributed by atoms with van der Waals surface area (Å²) in [7, 11) is 0. The van der Waals surface area contributed by atoms with Gasteiger partial charge in [-0.2, -0.15) is 0 Å². The smallest absolute Gasteiger partial charge is 0.261 e. The average molecular weight is 300 g/mol. The van der Waals surface area contributed by atoms with E-state index in [0.717, 1.165) is 18.8 Å². The maximum atomic E-state index is 12.1. The van der Waals surface area contributed by atoms with Gasteiger partial charge >= 0.3 is 0 Å². The fraction of sp³-hybridized carbons (Fsp3) is 0.273. The van der Waals surface area contributed by atoms with Gasteiger partial charge in [-0.1, -0.05) is 27.5 Å². The van der Waals surface area contributed by atoms with Gasteiger partial charge in [0.05, 0.1) is 15.7 Å². The van der Waals surface area contributed by atoms with E-state index >= 15 is 0 Å². The number of fused-ring (bicyclic) bond motifs is 2. The van der Waals surface area contributed by atoms with Crippen molar-refractivity contribution in [1.82, 2.24) is 9.55 Å². The molecule has 2 aromatic rings. The average Bonchev–Trinajstić information content (AvgIpc) is 2.61. The van der Waals surface area contributed by atoms with E-state index in [0.29, 0.717) is 15.9 Å². The zero-order valence-electron chi connectivity index (χ0n) is 8.28. The summed E-state index contributed by atoms with van der Waals surface area (Å²) in [4.78, 5) is 16.8. The largest absolute Gasteiger partial charge is 0.295 e. The molecule has 0 bridgehead atoms. The van der Waals surface area contributed by atoms with Gasteiger partial charge in [0, 0.05) is 11.6 Å². The summed E-state index contributed by atoms with van der Waals surface area (Å²) in [5, 5.41) is 1.24. The van der Waals surface area contributed by atoms with E-state index in [-0.39, 0.29) is 10.4 Å². The molecule has 0 unspecified atom stereocenters. The molecule has 2 heterocycles. The van der Waals surface area contributed by atoms with Gasteiger partial charge in [-0.3, -0.25) is 9.36 Å². The lowest BCUT2D eigenvalue weighted by molar-refractivity contribution is 0.719. The van der Waals surface area contributed by atoms with Gasteiger partial charge in [0.15, 0.2) is 0 Å². The standard InChI is InChI=1S/C11H8BrClN2O/c12-8-3-4-15-10(8)14-9-5-6(13)1-2-7(9)11(15)16/h1-2,5,8H,3-4H2/t8-/m0/s1. The van der Waals surface area contributed by atoms with Crippen LogP contribution in [-0.4, -0.2) is 9.55 Å². The van der Waals surface area contributed by atoms with Crippen LogP contribution in [0.4, 0.5) is 0 Å². The van der Waals surface area contributed by atoms with Gasteiger partial charge in [-0.05, 0) is 24.6 Å². The van der Waals surface area contributed by atoms with Crippen molar-refractivity contribution in [2.75, 3.05) is 0 Å². The van der Waals surface area contributed by atoms with Crippen molar-refractivity contribution in [3.63, 3.8) is 0 Å². The summed E-state index contributed by atoms with van der Waals surface area (Å²) in [6, 6.07) is 5.19. The van der Waals surface area contributed by atoms with Crippen LogP contribution in [0.5, 0.6) is 0 Å². The SMILES string of the molecule is O=c1c2ccc(Cl)cc2nc2n1CC[C@@H]2Br. The molecule has 1 aromatic heterocycles. The lowest BCUT2D eigenvalue weighted by Crippen LogP contribution is -2.20. The van der Waals surface area contributed by atoms with E-state index < -0.39 is 0 Å². The Hall–Kier alpha value is -0.870. The third-order valence-corrected chi connectivity index (χ3v) is 3.94. The first-order valence-corrected chi connectivity index (χ1v) is 6.30. The van der Waals surface area contributed by atoms with Crippen molar-refractivity contribution in [3.8, 4) is 0 Å². The molecule has 0 spiro atoms. The summed E-state index contributed by atoms with van der Waals surface area (Å²) >= 11 is 9.42. The van der Waals surface area contributed by atoms with Crippen molar-refractivity contribution in [2.24, 2.45) is 0 Å². The highest BCUT2D eigenvalue weighted by atomic mass is 79.9.